The third-order valence-electron chi connectivity index (χ3n) is 4.77. The molecule has 1 unspecified atom stereocenters. The Morgan fingerprint density at radius 3 is 2.96 bits per heavy atom. The van der Waals surface area contributed by atoms with Crippen molar-refractivity contribution in [2.75, 3.05) is 25.0 Å². The zero-order valence-corrected chi connectivity index (χ0v) is 14.4. The first-order valence-corrected chi connectivity index (χ1v) is 8.48. The smallest absolute Gasteiger partial charge is 0.298 e. The van der Waals surface area contributed by atoms with Gasteiger partial charge in [0.05, 0.1) is 11.8 Å². The summed E-state index contributed by atoms with van der Waals surface area (Å²) in [5, 5.41) is 4.09. The molecule has 1 atom stereocenters. The van der Waals surface area contributed by atoms with Crippen molar-refractivity contribution in [2.24, 2.45) is 7.05 Å². The van der Waals surface area contributed by atoms with Crippen LogP contribution in [0, 0.1) is 0 Å². The molecule has 1 aliphatic rings. The lowest BCUT2D eigenvalue weighted by Crippen LogP contribution is -2.48. The van der Waals surface area contributed by atoms with Gasteiger partial charge in [0.1, 0.15) is 5.52 Å². The fourth-order valence-electron chi connectivity index (χ4n) is 3.34. The van der Waals surface area contributed by atoms with Gasteiger partial charge in [-0.05, 0) is 25.0 Å². The van der Waals surface area contributed by atoms with Crippen molar-refractivity contribution in [2.45, 2.75) is 18.9 Å². The summed E-state index contributed by atoms with van der Waals surface area (Å²) in [6.45, 7) is 1.60. The van der Waals surface area contributed by atoms with Gasteiger partial charge >= 0.3 is 0 Å². The SMILES string of the molecule is CN(C(=O)c1cnn(C)c1)C1CCCN(c2nc3ccccc3o2)C1. The maximum atomic E-state index is 12.7. The summed E-state index contributed by atoms with van der Waals surface area (Å²) in [4.78, 5) is 21.2. The summed E-state index contributed by atoms with van der Waals surface area (Å²) in [6, 6.07) is 8.52. The van der Waals surface area contributed by atoms with Gasteiger partial charge in [0.2, 0.25) is 0 Å². The zero-order chi connectivity index (χ0) is 17.4. The van der Waals surface area contributed by atoms with E-state index in [9.17, 15) is 4.79 Å². The van der Waals surface area contributed by atoms with Crippen molar-refractivity contribution in [3.63, 3.8) is 0 Å². The molecule has 130 valence electrons. The minimum Gasteiger partial charge on any atom is -0.423 e. The number of benzene rings is 1. The van der Waals surface area contributed by atoms with Crippen molar-refractivity contribution >= 4 is 23.0 Å². The molecule has 1 aliphatic heterocycles. The summed E-state index contributed by atoms with van der Waals surface area (Å²) in [5.41, 5.74) is 2.27. The number of hydrogen-bond acceptors (Lipinski definition) is 5. The van der Waals surface area contributed by atoms with E-state index in [1.54, 1.807) is 17.1 Å². The number of nitrogens with zero attached hydrogens (tertiary/aromatic N) is 5. The number of carbonyl (C=O) groups is 1. The zero-order valence-electron chi connectivity index (χ0n) is 14.4. The van der Waals surface area contributed by atoms with E-state index in [-0.39, 0.29) is 11.9 Å². The van der Waals surface area contributed by atoms with Crippen LogP contribution in [0.1, 0.15) is 23.2 Å². The van der Waals surface area contributed by atoms with E-state index in [2.05, 4.69) is 15.0 Å². The number of rotatable bonds is 3. The number of carbonyl (C=O) groups excluding carboxylic acids is 1. The molecule has 7 nitrogen and oxygen atoms in total. The van der Waals surface area contributed by atoms with Crippen LogP contribution < -0.4 is 4.90 Å². The number of amides is 1. The highest BCUT2D eigenvalue weighted by molar-refractivity contribution is 5.93. The van der Waals surface area contributed by atoms with Gasteiger partial charge < -0.3 is 14.2 Å². The molecule has 2 aromatic heterocycles. The van der Waals surface area contributed by atoms with E-state index in [4.69, 9.17) is 4.42 Å². The Morgan fingerprint density at radius 1 is 1.36 bits per heavy atom. The predicted molar refractivity (Wildman–Crippen MR) is 94.5 cm³/mol. The van der Waals surface area contributed by atoms with Gasteiger partial charge in [-0.2, -0.15) is 10.1 Å². The highest BCUT2D eigenvalue weighted by atomic mass is 16.4. The van der Waals surface area contributed by atoms with E-state index in [1.807, 2.05) is 43.3 Å². The molecule has 25 heavy (non-hydrogen) atoms. The van der Waals surface area contributed by atoms with E-state index >= 15 is 0 Å². The normalized spacial score (nSPS) is 17.8. The topological polar surface area (TPSA) is 67.4 Å². The largest absolute Gasteiger partial charge is 0.423 e. The number of para-hydroxylation sites is 2. The number of aryl methyl sites for hydroxylation is 1. The van der Waals surface area contributed by atoms with Gasteiger partial charge in [0, 0.05) is 39.4 Å². The lowest BCUT2D eigenvalue weighted by Gasteiger charge is -2.36. The monoisotopic (exact) mass is 339 g/mol. The third kappa shape index (κ3) is 2.97. The van der Waals surface area contributed by atoms with Gasteiger partial charge in [-0.1, -0.05) is 12.1 Å². The van der Waals surface area contributed by atoms with E-state index in [0.717, 1.165) is 37.0 Å². The molecule has 0 radical (unpaired) electrons. The number of likely N-dealkylation sites (N-methyl/N-ethyl adjacent to an activating group) is 1. The first-order valence-electron chi connectivity index (χ1n) is 8.48. The number of aromatic nitrogens is 3. The summed E-state index contributed by atoms with van der Waals surface area (Å²) in [6.07, 6.45) is 5.33. The fourth-order valence-corrected chi connectivity index (χ4v) is 3.34. The Labute approximate surface area is 145 Å². The molecule has 7 heteroatoms. The second-order valence-electron chi connectivity index (χ2n) is 6.52. The summed E-state index contributed by atoms with van der Waals surface area (Å²) in [7, 11) is 3.67. The molecule has 3 heterocycles. The van der Waals surface area contributed by atoms with E-state index < -0.39 is 0 Å². The number of anilines is 1. The van der Waals surface area contributed by atoms with Crippen molar-refractivity contribution < 1.29 is 9.21 Å². The van der Waals surface area contributed by atoms with Crippen LogP contribution in [0.25, 0.3) is 11.1 Å². The van der Waals surface area contributed by atoms with Crippen molar-refractivity contribution in [1.82, 2.24) is 19.7 Å². The van der Waals surface area contributed by atoms with Gasteiger partial charge in [-0.15, -0.1) is 0 Å². The average Bonchev–Trinajstić information content (AvgIpc) is 3.26. The van der Waals surface area contributed by atoms with Gasteiger partial charge in [0.15, 0.2) is 5.58 Å². The Kier molecular flexibility index (Phi) is 3.91. The molecule has 0 aliphatic carbocycles. The fraction of sp³-hybridized carbons (Fsp3) is 0.389. The Bertz CT molecular complexity index is 867. The molecule has 1 fully saturated rings. The molecular formula is C18H21N5O2. The maximum Gasteiger partial charge on any atom is 0.298 e. The first-order chi connectivity index (χ1) is 12.1. The second kappa shape index (κ2) is 6.23. The van der Waals surface area contributed by atoms with Crippen LogP contribution in [-0.2, 0) is 7.05 Å². The molecule has 0 spiro atoms. The molecule has 1 amide bonds. The standard InChI is InChI=1S/C18H21N5O2/c1-21-11-13(10-19-21)17(24)22(2)14-6-5-9-23(12-14)18-20-15-7-3-4-8-16(15)25-18/h3-4,7-8,10-11,14H,5-6,9,12H2,1-2H3. The van der Waals surface area contributed by atoms with Crippen molar-refractivity contribution in [3.05, 3.63) is 42.2 Å². The second-order valence-corrected chi connectivity index (χ2v) is 6.52. The van der Waals surface area contributed by atoms with Crippen LogP contribution in [0.2, 0.25) is 0 Å². The lowest BCUT2D eigenvalue weighted by atomic mass is 10.0. The molecule has 0 bridgehead atoms. The van der Waals surface area contributed by atoms with Crippen LogP contribution in [0.15, 0.2) is 41.1 Å². The highest BCUT2D eigenvalue weighted by Crippen LogP contribution is 2.26. The molecule has 0 N–H and O–H groups in total. The van der Waals surface area contributed by atoms with Crippen LogP contribution in [0.3, 0.4) is 0 Å². The van der Waals surface area contributed by atoms with Crippen LogP contribution in [0.5, 0.6) is 0 Å². The number of piperidine rings is 1. The van der Waals surface area contributed by atoms with Crippen LogP contribution in [-0.4, -0.2) is 51.8 Å². The minimum atomic E-state index is -0.00230. The van der Waals surface area contributed by atoms with Gasteiger partial charge in [-0.25, -0.2) is 0 Å². The van der Waals surface area contributed by atoms with E-state index in [0.29, 0.717) is 11.6 Å². The maximum absolute atomic E-state index is 12.7. The molecule has 0 saturated carbocycles. The quantitative estimate of drug-likeness (QED) is 0.732. The first kappa shape index (κ1) is 15.7. The van der Waals surface area contributed by atoms with E-state index in [1.165, 1.54) is 0 Å². The molecule has 3 aromatic rings. The highest BCUT2D eigenvalue weighted by Gasteiger charge is 2.29. The Balaban J connectivity index is 1.51. The van der Waals surface area contributed by atoms with Crippen LogP contribution >= 0.6 is 0 Å². The summed E-state index contributed by atoms with van der Waals surface area (Å²) < 4.78 is 7.53. The minimum absolute atomic E-state index is 0.00230. The average molecular weight is 339 g/mol. The Hall–Kier alpha value is -2.83. The molecular weight excluding hydrogens is 318 g/mol. The summed E-state index contributed by atoms with van der Waals surface area (Å²) in [5.74, 6) is -0.00230. The number of fused-ring (bicyclic) bond motifs is 1. The molecule has 1 saturated heterocycles. The molecule has 1 aromatic carbocycles. The van der Waals surface area contributed by atoms with Crippen molar-refractivity contribution in [1.29, 1.82) is 0 Å². The van der Waals surface area contributed by atoms with Gasteiger partial charge in [0.25, 0.3) is 11.9 Å². The summed E-state index contributed by atoms with van der Waals surface area (Å²) >= 11 is 0. The lowest BCUT2D eigenvalue weighted by molar-refractivity contribution is 0.0716. The number of oxazole rings is 1. The third-order valence-corrected chi connectivity index (χ3v) is 4.77. The number of hydrogen-bond donors (Lipinski definition) is 0. The predicted octanol–water partition coefficient (Wildman–Crippen LogP) is 2.30. The Morgan fingerprint density at radius 2 is 2.20 bits per heavy atom. The van der Waals surface area contributed by atoms with Crippen LogP contribution in [0.4, 0.5) is 6.01 Å². The van der Waals surface area contributed by atoms with Crippen molar-refractivity contribution in [3.8, 4) is 0 Å². The molecule has 4 rings (SSSR count). The van der Waals surface area contributed by atoms with Gasteiger partial charge in [-0.3, -0.25) is 9.48 Å².